The summed E-state index contributed by atoms with van der Waals surface area (Å²) in [4.78, 5) is 14.4. The van der Waals surface area contributed by atoms with Crippen molar-refractivity contribution < 1.29 is 14.3 Å². The Bertz CT molecular complexity index is 627. The van der Waals surface area contributed by atoms with Gasteiger partial charge < -0.3 is 25.4 Å². The lowest BCUT2D eigenvalue weighted by Crippen LogP contribution is -2.49. The van der Waals surface area contributed by atoms with Gasteiger partial charge in [0.15, 0.2) is 0 Å². The van der Waals surface area contributed by atoms with E-state index >= 15 is 0 Å². The highest BCUT2D eigenvalue weighted by molar-refractivity contribution is 5.92. The number of rotatable bonds is 6. The van der Waals surface area contributed by atoms with Crippen molar-refractivity contribution in [1.29, 1.82) is 0 Å². The van der Waals surface area contributed by atoms with Gasteiger partial charge in [0, 0.05) is 43.1 Å². The molecule has 0 radical (unpaired) electrons. The first-order chi connectivity index (χ1) is 13.8. The first-order valence-corrected chi connectivity index (χ1v) is 10.6. The topological polar surface area (TPSA) is 74.9 Å². The number of anilines is 2. The van der Waals surface area contributed by atoms with Crippen molar-refractivity contribution in [1.82, 2.24) is 10.2 Å². The summed E-state index contributed by atoms with van der Waals surface area (Å²) < 4.78 is 11.0. The van der Waals surface area contributed by atoms with Crippen molar-refractivity contribution in [3.8, 4) is 0 Å². The maximum atomic E-state index is 12.2. The van der Waals surface area contributed by atoms with E-state index in [0.29, 0.717) is 37.8 Å². The molecule has 1 amide bonds. The first kappa shape index (κ1) is 19.6. The number of amides is 1. The molecule has 1 saturated carbocycles. The zero-order valence-electron chi connectivity index (χ0n) is 16.5. The first-order valence-electron chi connectivity index (χ1n) is 10.6. The van der Waals surface area contributed by atoms with Crippen LogP contribution in [0.15, 0.2) is 24.3 Å². The van der Waals surface area contributed by atoms with Gasteiger partial charge in [-0.2, -0.15) is 0 Å². The minimum Gasteiger partial charge on any atom is -0.382 e. The molecule has 2 heterocycles. The maximum absolute atomic E-state index is 12.2. The normalized spacial score (nSPS) is 28.8. The second-order valence-electron chi connectivity index (χ2n) is 8.00. The molecule has 0 spiro atoms. The van der Waals surface area contributed by atoms with Crippen LogP contribution in [0.2, 0.25) is 0 Å². The number of benzene rings is 1. The van der Waals surface area contributed by atoms with Gasteiger partial charge >= 0.3 is 0 Å². The van der Waals surface area contributed by atoms with Crippen LogP contribution in [0.1, 0.15) is 19.3 Å². The fourth-order valence-corrected chi connectivity index (χ4v) is 4.54. The predicted molar refractivity (Wildman–Crippen MR) is 110 cm³/mol. The van der Waals surface area contributed by atoms with Crippen LogP contribution < -0.4 is 16.0 Å². The van der Waals surface area contributed by atoms with Gasteiger partial charge in [0.1, 0.15) is 0 Å². The Morgan fingerprint density at radius 2 is 1.86 bits per heavy atom. The SMILES string of the molecule is O=C(CN1CCOCC1)Nc1ccc(NC2CCCC2C2COCCN2)cc1. The molecule has 0 aromatic heterocycles. The number of morpholine rings is 2. The van der Waals surface area contributed by atoms with Gasteiger partial charge in [-0.3, -0.25) is 9.69 Å². The van der Waals surface area contributed by atoms with Crippen LogP contribution >= 0.6 is 0 Å². The van der Waals surface area contributed by atoms with Gasteiger partial charge in [-0.1, -0.05) is 6.42 Å². The summed E-state index contributed by atoms with van der Waals surface area (Å²) in [5.41, 5.74) is 1.95. The molecule has 0 bridgehead atoms. The molecule has 154 valence electrons. The smallest absolute Gasteiger partial charge is 0.238 e. The van der Waals surface area contributed by atoms with Crippen LogP contribution in [0.4, 0.5) is 11.4 Å². The molecule has 4 rings (SSSR count). The summed E-state index contributed by atoms with van der Waals surface area (Å²) in [5.74, 6) is 0.634. The Balaban J connectivity index is 1.27. The summed E-state index contributed by atoms with van der Waals surface area (Å²) in [6, 6.07) is 9.00. The van der Waals surface area contributed by atoms with Crippen LogP contribution in [0.5, 0.6) is 0 Å². The lowest BCUT2D eigenvalue weighted by molar-refractivity contribution is -0.118. The van der Waals surface area contributed by atoms with Crippen LogP contribution in [0, 0.1) is 5.92 Å². The summed E-state index contributed by atoms with van der Waals surface area (Å²) in [7, 11) is 0. The molecular weight excluding hydrogens is 356 g/mol. The second kappa shape index (κ2) is 9.69. The van der Waals surface area contributed by atoms with Crippen molar-refractivity contribution in [3.05, 3.63) is 24.3 Å². The van der Waals surface area contributed by atoms with Gasteiger partial charge in [-0.25, -0.2) is 0 Å². The van der Waals surface area contributed by atoms with Crippen LogP contribution in [0.25, 0.3) is 0 Å². The van der Waals surface area contributed by atoms with E-state index < -0.39 is 0 Å². The van der Waals surface area contributed by atoms with Gasteiger partial charge in [0.25, 0.3) is 0 Å². The van der Waals surface area contributed by atoms with Crippen molar-refractivity contribution >= 4 is 17.3 Å². The molecule has 3 aliphatic rings. The number of nitrogens with one attached hydrogen (secondary N) is 3. The summed E-state index contributed by atoms with van der Waals surface area (Å²) in [5, 5.41) is 10.3. The van der Waals surface area contributed by atoms with E-state index in [1.165, 1.54) is 19.3 Å². The zero-order valence-corrected chi connectivity index (χ0v) is 16.5. The van der Waals surface area contributed by atoms with E-state index in [1.54, 1.807) is 0 Å². The molecule has 28 heavy (non-hydrogen) atoms. The fourth-order valence-electron chi connectivity index (χ4n) is 4.54. The molecule has 1 aromatic rings. The molecule has 2 saturated heterocycles. The van der Waals surface area contributed by atoms with E-state index in [0.717, 1.165) is 44.2 Å². The second-order valence-corrected chi connectivity index (χ2v) is 8.00. The van der Waals surface area contributed by atoms with Gasteiger partial charge in [0.05, 0.1) is 33.0 Å². The number of carbonyl (C=O) groups excluding carboxylic acids is 1. The number of ether oxygens (including phenoxy) is 2. The van der Waals surface area contributed by atoms with E-state index in [1.807, 2.05) is 12.1 Å². The maximum Gasteiger partial charge on any atom is 0.238 e. The minimum absolute atomic E-state index is 0.0295. The summed E-state index contributed by atoms with van der Waals surface area (Å²) >= 11 is 0. The standard InChI is InChI=1S/C21H32N4O3/c26-21(14-25-9-12-27-13-10-25)24-17-6-4-16(5-7-17)23-19-3-1-2-18(19)20-15-28-11-8-22-20/h4-7,18-20,22-23H,1-3,8-15H2,(H,24,26). The number of hydrogen-bond acceptors (Lipinski definition) is 6. The van der Waals surface area contributed by atoms with Gasteiger partial charge in [-0.05, 0) is 43.0 Å². The van der Waals surface area contributed by atoms with E-state index in [4.69, 9.17) is 9.47 Å². The Hall–Kier alpha value is -1.67. The molecule has 2 aliphatic heterocycles. The monoisotopic (exact) mass is 388 g/mol. The summed E-state index contributed by atoms with van der Waals surface area (Å²) in [6.45, 7) is 6.06. The third-order valence-electron chi connectivity index (χ3n) is 6.03. The largest absolute Gasteiger partial charge is 0.382 e. The summed E-state index contributed by atoms with van der Waals surface area (Å²) in [6.07, 6.45) is 3.70. The molecule has 1 aliphatic carbocycles. The molecule has 7 nitrogen and oxygen atoms in total. The fraction of sp³-hybridized carbons (Fsp3) is 0.667. The zero-order chi connectivity index (χ0) is 19.2. The molecule has 3 fully saturated rings. The van der Waals surface area contributed by atoms with Gasteiger partial charge in [-0.15, -0.1) is 0 Å². The Morgan fingerprint density at radius 1 is 1.07 bits per heavy atom. The number of nitrogens with zero attached hydrogens (tertiary/aromatic N) is 1. The van der Waals surface area contributed by atoms with Crippen molar-refractivity contribution in [2.75, 3.05) is 63.2 Å². The highest BCUT2D eigenvalue weighted by atomic mass is 16.5. The molecule has 7 heteroatoms. The Kier molecular flexibility index (Phi) is 6.80. The van der Waals surface area contributed by atoms with E-state index in [9.17, 15) is 4.79 Å². The third-order valence-corrected chi connectivity index (χ3v) is 6.03. The van der Waals surface area contributed by atoms with Crippen LogP contribution in [-0.2, 0) is 14.3 Å². The van der Waals surface area contributed by atoms with Crippen LogP contribution in [0.3, 0.4) is 0 Å². The van der Waals surface area contributed by atoms with Crippen LogP contribution in [-0.4, -0.2) is 75.5 Å². The Morgan fingerprint density at radius 3 is 2.61 bits per heavy atom. The quantitative estimate of drug-likeness (QED) is 0.686. The molecule has 3 atom stereocenters. The highest BCUT2D eigenvalue weighted by Gasteiger charge is 2.34. The van der Waals surface area contributed by atoms with E-state index in [-0.39, 0.29) is 5.91 Å². The Labute approximate surface area is 167 Å². The third kappa shape index (κ3) is 5.23. The van der Waals surface area contributed by atoms with Gasteiger partial charge in [0.2, 0.25) is 5.91 Å². The average molecular weight is 389 g/mol. The molecule has 3 unspecified atom stereocenters. The van der Waals surface area contributed by atoms with E-state index in [2.05, 4.69) is 33.0 Å². The lowest BCUT2D eigenvalue weighted by atomic mass is 9.94. The highest BCUT2D eigenvalue weighted by Crippen LogP contribution is 2.32. The predicted octanol–water partition coefficient (Wildman–Crippen LogP) is 1.53. The molecule has 3 N–H and O–H groups in total. The number of hydrogen-bond donors (Lipinski definition) is 3. The lowest BCUT2D eigenvalue weighted by Gasteiger charge is -2.33. The molecule has 1 aromatic carbocycles. The van der Waals surface area contributed by atoms with Crippen molar-refractivity contribution in [2.45, 2.75) is 31.3 Å². The van der Waals surface area contributed by atoms with Crippen molar-refractivity contribution in [3.63, 3.8) is 0 Å². The van der Waals surface area contributed by atoms with Crippen molar-refractivity contribution in [2.24, 2.45) is 5.92 Å². The molecular formula is C21H32N4O3. The average Bonchev–Trinajstić information content (AvgIpc) is 3.19. The minimum atomic E-state index is 0.0295. The number of carbonyl (C=O) groups is 1.